The molecule has 0 atom stereocenters. The molecule has 0 heterocycles. The van der Waals surface area contributed by atoms with E-state index in [0.29, 0.717) is 29.0 Å². The maximum atomic E-state index is 12.5. The van der Waals surface area contributed by atoms with E-state index < -0.39 is 5.97 Å². The van der Waals surface area contributed by atoms with Gasteiger partial charge in [-0.1, -0.05) is 6.07 Å². The van der Waals surface area contributed by atoms with Gasteiger partial charge in [-0.15, -0.1) is 0 Å². The summed E-state index contributed by atoms with van der Waals surface area (Å²) in [5.74, 6) is 0.0877. The summed E-state index contributed by atoms with van der Waals surface area (Å²) in [4.78, 5) is 24.2. The van der Waals surface area contributed by atoms with E-state index in [1.54, 1.807) is 43.3 Å². The predicted octanol–water partition coefficient (Wildman–Crippen LogP) is 3.74. The van der Waals surface area contributed by atoms with Crippen molar-refractivity contribution < 1.29 is 19.1 Å². The minimum atomic E-state index is -0.430. The summed E-state index contributed by atoms with van der Waals surface area (Å²) < 4.78 is 10.2. The van der Waals surface area contributed by atoms with Gasteiger partial charge in [0.05, 0.1) is 19.3 Å². The molecular formula is C19H21NO4. The summed E-state index contributed by atoms with van der Waals surface area (Å²) >= 11 is 0. The molecule has 0 radical (unpaired) electrons. The molecule has 24 heavy (non-hydrogen) atoms. The van der Waals surface area contributed by atoms with E-state index >= 15 is 0 Å². The maximum Gasteiger partial charge on any atom is 0.338 e. The van der Waals surface area contributed by atoms with Crippen molar-refractivity contribution in [3.8, 4) is 5.75 Å². The molecule has 5 nitrogen and oxygen atoms in total. The first kappa shape index (κ1) is 17.5. The molecule has 0 aromatic heterocycles. The Morgan fingerprint density at radius 1 is 1.12 bits per heavy atom. The Hall–Kier alpha value is -2.82. The highest BCUT2D eigenvalue weighted by atomic mass is 16.5. The van der Waals surface area contributed by atoms with Gasteiger partial charge < -0.3 is 14.8 Å². The maximum absolute atomic E-state index is 12.5. The van der Waals surface area contributed by atoms with E-state index in [1.165, 1.54) is 7.11 Å². The first-order valence-corrected chi connectivity index (χ1v) is 7.70. The van der Waals surface area contributed by atoms with E-state index in [-0.39, 0.29) is 5.91 Å². The fourth-order valence-corrected chi connectivity index (χ4v) is 2.40. The highest BCUT2D eigenvalue weighted by molar-refractivity contribution is 6.05. The summed E-state index contributed by atoms with van der Waals surface area (Å²) in [5, 5.41) is 2.84. The van der Waals surface area contributed by atoms with Crippen molar-refractivity contribution in [2.45, 2.75) is 20.8 Å². The molecule has 0 fully saturated rings. The average Bonchev–Trinajstić information content (AvgIpc) is 2.58. The molecule has 0 aliphatic rings. The van der Waals surface area contributed by atoms with Crippen LogP contribution >= 0.6 is 0 Å². The van der Waals surface area contributed by atoms with Gasteiger partial charge in [0.2, 0.25) is 0 Å². The number of carbonyl (C=O) groups is 2. The molecule has 5 heteroatoms. The highest BCUT2D eigenvalue weighted by Crippen LogP contribution is 2.22. The molecule has 0 bridgehead atoms. The second kappa shape index (κ2) is 7.64. The lowest BCUT2D eigenvalue weighted by molar-refractivity contribution is 0.0599. The van der Waals surface area contributed by atoms with Crippen molar-refractivity contribution in [3.63, 3.8) is 0 Å². The number of aryl methyl sites for hydroxylation is 1. The SMILES string of the molecule is CCOc1ccc(C(=O)Nc2cccc(C(=O)OC)c2C)cc1C. The number of esters is 1. The molecule has 2 aromatic rings. The second-order valence-electron chi connectivity index (χ2n) is 5.34. The van der Waals surface area contributed by atoms with Gasteiger partial charge >= 0.3 is 5.97 Å². The molecule has 0 saturated heterocycles. The van der Waals surface area contributed by atoms with Crippen LogP contribution in [0.2, 0.25) is 0 Å². The zero-order chi connectivity index (χ0) is 17.7. The van der Waals surface area contributed by atoms with Crippen molar-refractivity contribution in [2.24, 2.45) is 0 Å². The number of methoxy groups -OCH3 is 1. The van der Waals surface area contributed by atoms with Gasteiger partial charge in [-0.3, -0.25) is 4.79 Å². The quantitative estimate of drug-likeness (QED) is 0.850. The Bertz CT molecular complexity index is 768. The molecule has 2 aromatic carbocycles. The second-order valence-corrected chi connectivity index (χ2v) is 5.34. The summed E-state index contributed by atoms with van der Waals surface area (Å²) in [6.45, 7) is 6.15. The van der Waals surface area contributed by atoms with E-state index in [2.05, 4.69) is 5.32 Å². The molecule has 0 spiro atoms. The first-order chi connectivity index (χ1) is 11.5. The minimum absolute atomic E-state index is 0.244. The summed E-state index contributed by atoms with van der Waals surface area (Å²) in [5.41, 5.74) is 3.09. The Labute approximate surface area is 141 Å². The van der Waals surface area contributed by atoms with Crippen LogP contribution in [0.25, 0.3) is 0 Å². The van der Waals surface area contributed by atoms with Gasteiger partial charge in [0, 0.05) is 11.3 Å². The van der Waals surface area contributed by atoms with Gasteiger partial charge in [-0.25, -0.2) is 4.79 Å². The van der Waals surface area contributed by atoms with Crippen molar-refractivity contribution >= 4 is 17.6 Å². The minimum Gasteiger partial charge on any atom is -0.494 e. The van der Waals surface area contributed by atoms with E-state index in [4.69, 9.17) is 9.47 Å². The summed E-state index contributed by atoms with van der Waals surface area (Å²) in [6, 6.07) is 10.4. The topological polar surface area (TPSA) is 64.6 Å². The molecule has 0 aliphatic carbocycles. The Morgan fingerprint density at radius 2 is 1.88 bits per heavy atom. The summed E-state index contributed by atoms with van der Waals surface area (Å²) in [7, 11) is 1.33. The third-order valence-corrected chi connectivity index (χ3v) is 3.72. The van der Waals surface area contributed by atoms with Crippen molar-refractivity contribution in [1.29, 1.82) is 0 Å². The van der Waals surface area contributed by atoms with E-state index in [0.717, 1.165) is 11.3 Å². The summed E-state index contributed by atoms with van der Waals surface area (Å²) in [6.07, 6.45) is 0. The predicted molar refractivity (Wildman–Crippen MR) is 92.8 cm³/mol. The van der Waals surface area contributed by atoms with E-state index in [9.17, 15) is 9.59 Å². The molecule has 0 unspecified atom stereocenters. The number of carbonyl (C=O) groups excluding carboxylic acids is 2. The van der Waals surface area contributed by atoms with Crippen LogP contribution in [0, 0.1) is 13.8 Å². The number of rotatable bonds is 5. The molecule has 1 amide bonds. The third-order valence-electron chi connectivity index (χ3n) is 3.72. The van der Waals surface area contributed by atoms with Crippen LogP contribution in [0.3, 0.4) is 0 Å². The van der Waals surface area contributed by atoms with Crippen LogP contribution in [0.15, 0.2) is 36.4 Å². The van der Waals surface area contributed by atoms with Crippen LogP contribution in [-0.2, 0) is 4.74 Å². The fraction of sp³-hybridized carbons (Fsp3) is 0.263. The smallest absolute Gasteiger partial charge is 0.338 e. The standard InChI is InChI=1S/C19H21NO4/c1-5-24-17-10-9-14(11-12(17)2)18(21)20-16-8-6-7-15(13(16)3)19(22)23-4/h6-11H,5H2,1-4H3,(H,20,21). The van der Waals surface area contributed by atoms with Gasteiger partial charge in [0.25, 0.3) is 5.91 Å². The van der Waals surface area contributed by atoms with Crippen LogP contribution in [0.5, 0.6) is 5.75 Å². The van der Waals surface area contributed by atoms with Crippen molar-refractivity contribution in [1.82, 2.24) is 0 Å². The molecular weight excluding hydrogens is 306 g/mol. The van der Waals surface area contributed by atoms with Crippen molar-refractivity contribution in [2.75, 3.05) is 19.0 Å². The average molecular weight is 327 g/mol. The number of hydrogen-bond acceptors (Lipinski definition) is 4. The van der Waals surface area contributed by atoms with Crippen LogP contribution < -0.4 is 10.1 Å². The lowest BCUT2D eigenvalue weighted by Crippen LogP contribution is -2.14. The van der Waals surface area contributed by atoms with Crippen LogP contribution in [0.4, 0.5) is 5.69 Å². The van der Waals surface area contributed by atoms with Gasteiger partial charge in [0.15, 0.2) is 0 Å². The Morgan fingerprint density at radius 3 is 2.50 bits per heavy atom. The number of anilines is 1. The van der Waals surface area contributed by atoms with E-state index in [1.807, 2.05) is 13.8 Å². The number of nitrogens with one attached hydrogen (secondary N) is 1. The molecule has 1 N–H and O–H groups in total. The number of ether oxygens (including phenoxy) is 2. The van der Waals surface area contributed by atoms with Crippen LogP contribution in [-0.4, -0.2) is 25.6 Å². The Balaban J connectivity index is 2.24. The van der Waals surface area contributed by atoms with Gasteiger partial charge in [-0.2, -0.15) is 0 Å². The van der Waals surface area contributed by atoms with Crippen LogP contribution in [0.1, 0.15) is 38.8 Å². The number of benzene rings is 2. The molecule has 0 saturated carbocycles. The number of hydrogen-bond donors (Lipinski definition) is 1. The van der Waals surface area contributed by atoms with Gasteiger partial charge in [-0.05, 0) is 62.2 Å². The third kappa shape index (κ3) is 3.74. The molecule has 126 valence electrons. The lowest BCUT2D eigenvalue weighted by Gasteiger charge is -2.12. The Kier molecular flexibility index (Phi) is 5.58. The lowest BCUT2D eigenvalue weighted by atomic mass is 10.1. The first-order valence-electron chi connectivity index (χ1n) is 7.70. The monoisotopic (exact) mass is 327 g/mol. The largest absolute Gasteiger partial charge is 0.494 e. The number of amides is 1. The fourth-order valence-electron chi connectivity index (χ4n) is 2.40. The normalized spacial score (nSPS) is 10.2. The zero-order valence-electron chi connectivity index (χ0n) is 14.3. The molecule has 0 aliphatic heterocycles. The van der Waals surface area contributed by atoms with Crippen molar-refractivity contribution in [3.05, 3.63) is 58.7 Å². The molecule has 2 rings (SSSR count). The van der Waals surface area contributed by atoms with Gasteiger partial charge in [0.1, 0.15) is 5.75 Å². The zero-order valence-corrected chi connectivity index (χ0v) is 14.3. The highest BCUT2D eigenvalue weighted by Gasteiger charge is 2.14.